The second-order valence-electron chi connectivity index (χ2n) is 3.27. The average molecular weight is 255 g/mol. The van der Waals surface area contributed by atoms with Crippen LogP contribution in [0.5, 0.6) is 5.75 Å². The average Bonchev–Trinajstić information content (AvgIpc) is 2.35. The Kier molecular flexibility index (Phi) is 3.95. The lowest BCUT2D eigenvalue weighted by molar-refractivity contribution is -0.386. The highest BCUT2D eigenvalue weighted by molar-refractivity contribution is 5.83. The molecule has 0 bridgehead atoms. The van der Waals surface area contributed by atoms with Crippen LogP contribution in [0.4, 0.5) is 5.69 Å². The summed E-state index contributed by atoms with van der Waals surface area (Å²) in [4.78, 5) is 31.3. The molecule has 96 valence electrons. The normalized spacial score (nSPS) is 11.7. The van der Waals surface area contributed by atoms with Crippen molar-refractivity contribution in [2.24, 2.45) is 0 Å². The molecule has 1 aromatic carbocycles. The number of ether oxygens (including phenoxy) is 1. The molecule has 0 heterocycles. The van der Waals surface area contributed by atoms with E-state index in [2.05, 4.69) is 0 Å². The van der Waals surface area contributed by atoms with E-state index in [4.69, 9.17) is 9.84 Å². The number of carboxylic acids is 1. The number of methoxy groups -OCH3 is 1. The highest BCUT2D eigenvalue weighted by Crippen LogP contribution is 2.32. The molecular formula is C10H9NO7. The minimum absolute atomic E-state index is 0.0713. The summed E-state index contributed by atoms with van der Waals surface area (Å²) < 4.78 is 4.76. The van der Waals surface area contributed by atoms with Crippen LogP contribution in [0.25, 0.3) is 0 Å². The number of aliphatic hydroxyl groups is 1. The number of nitro groups is 1. The van der Waals surface area contributed by atoms with Crippen LogP contribution in [0.15, 0.2) is 12.1 Å². The van der Waals surface area contributed by atoms with Gasteiger partial charge in [0.2, 0.25) is 0 Å². The molecule has 1 rings (SSSR count). The zero-order chi connectivity index (χ0) is 13.9. The SMILES string of the molecule is COc1cc([N+](=O)[O-])c(C(O)C(=O)O)cc1C=O. The van der Waals surface area contributed by atoms with Crippen molar-refractivity contribution in [1.82, 2.24) is 0 Å². The predicted octanol–water partition coefficient (Wildman–Crippen LogP) is 0.534. The number of aldehydes is 1. The van der Waals surface area contributed by atoms with Crippen LogP contribution in [-0.4, -0.2) is 34.5 Å². The van der Waals surface area contributed by atoms with Crippen LogP contribution in [0, 0.1) is 10.1 Å². The Morgan fingerprint density at radius 2 is 2.17 bits per heavy atom. The Balaban J connectivity index is 3.52. The van der Waals surface area contributed by atoms with E-state index in [-0.39, 0.29) is 11.3 Å². The van der Waals surface area contributed by atoms with E-state index >= 15 is 0 Å². The smallest absolute Gasteiger partial charge is 0.337 e. The van der Waals surface area contributed by atoms with Crippen LogP contribution in [0.2, 0.25) is 0 Å². The summed E-state index contributed by atoms with van der Waals surface area (Å²) in [5, 5.41) is 28.8. The second-order valence-corrected chi connectivity index (χ2v) is 3.27. The van der Waals surface area contributed by atoms with E-state index in [0.29, 0.717) is 6.29 Å². The monoisotopic (exact) mass is 255 g/mol. The molecule has 0 saturated carbocycles. The number of hydrogen-bond acceptors (Lipinski definition) is 6. The molecule has 1 aromatic rings. The van der Waals surface area contributed by atoms with E-state index in [1.165, 1.54) is 7.11 Å². The largest absolute Gasteiger partial charge is 0.496 e. The molecule has 8 heteroatoms. The third-order valence-corrected chi connectivity index (χ3v) is 2.23. The standard InChI is InChI=1S/C10H9NO7/c1-18-8-3-7(11(16)17)6(2-5(8)4-12)9(13)10(14)15/h2-4,9,13H,1H3,(H,14,15). The number of carbonyl (C=O) groups excluding carboxylic acids is 1. The maximum absolute atomic E-state index is 10.8. The van der Waals surface area contributed by atoms with Gasteiger partial charge in [-0.3, -0.25) is 14.9 Å². The highest BCUT2D eigenvalue weighted by Gasteiger charge is 2.28. The van der Waals surface area contributed by atoms with Gasteiger partial charge in [0, 0.05) is 0 Å². The van der Waals surface area contributed by atoms with E-state index in [0.717, 1.165) is 12.1 Å². The van der Waals surface area contributed by atoms with Gasteiger partial charge in [0.05, 0.1) is 29.2 Å². The first-order valence-corrected chi connectivity index (χ1v) is 4.64. The van der Waals surface area contributed by atoms with Crippen molar-refractivity contribution in [1.29, 1.82) is 0 Å². The van der Waals surface area contributed by atoms with Crippen LogP contribution < -0.4 is 4.74 Å². The van der Waals surface area contributed by atoms with E-state index in [1.54, 1.807) is 0 Å². The maximum Gasteiger partial charge on any atom is 0.337 e. The zero-order valence-electron chi connectivity index (χ0n) is 9.19. The highest BCUT2D eigenvalue weighted by atomic mass is 16.6. The first-order valence-electron chi connectivity index (χ1n) is 4.64. The van der Waals surface area contributed by atoms with Gasteiger partial charge in [0.15, 0.2) is 12.4 Å². The molecule has 0 amide bonds. The number of carbonyl (C=O) groups is 2. The van der Waals surface area contributed by atoms with Crippen molar-refractivity contribution in [2.45, 2.75) is 6.10 Å². The number of aliphatic hydroxyl groups excluding tert-OH is 1. The minimum Gasteiger partial charge on any atom is -0.496 e. The van der Waals surface area contributed by atoms with Gasteiger partial charge in [-0.05, 0) is 6.07 Å². The third kappa shape index (κ3) is 2.43. The lowest BCUT2D eigenvalue weighted by Crippen LogP contribution is -2.13. The second kappa shape index (κ2) is 5.23. The number of benzene rings is 1. The maximum atomic E-state index is 10.8. The molecule has 0 saturated heterocycles. The Morgan fingerprint density at radius 3 is 2.56 bits per heavy atom. The summed E-state index contributed by atoms with van der Waals surface area (Å²) in [7, 11) is 1.21. The van der Waals surface area contributed by atoms with E-state index < -0.39 is 28.2 Å². The molecule has 0 aromatic heterocycles. The fraction of sp³-hybridized carbons (Fsp3) is 0.200. The fourth-order valence-corrected chi connectivity index (χ4v) is 1.38. The first kappa shape index (κ1) is 13.6. The summed E-state index contributed by atoms with van der Waals surface area (Å²) in [5.41, 5.74) is -1.19. The van der Waals surface area contributed by atoms with Crippen LogP contribution >= 0.6 is 0 Å². The van der Waals surface area contributed by atoms with Crippen molar-refractivity contribution in [3.05, 3.63) is 33.4 Å². The molecule has 0 aliphatic rings. The van der Waals surface area contributed by atoms with Gasteiger partial charge in [-0.2, -0.15) is 0 Å². The molecule has 0 aliphatic carbocycles. The molecule has 0 aliphatic heterocycles. The van der Waals surface area contributed by atoms with Gasteiger partial charge in [-0.25, -0.2) is 4.79 Å². The summed E-state index contributed by atoms with van der Waals surface area (Å²) in [6.45, 7) is 0. The van der Waals surface area contributed by atoms with Crippen LogP contribution in [-0.2, 0) is 4.79 Å². The number of rotatable bonds is 5. The summed E-state index contributed by atoms with van der Waals surface area (Å²) in [6.07, 6.45) is -1.74. The Hall–Kier alpha value is -2.48. The van der Waals surface area contributed by atoms with Crippen LogP contribution in [0.3, 0.4) is 0 Å². The number of carboxylic acid groups (broad SMARTS) is 1. The molecule has 0 spiro atoms. The summed E-state index contributed by atoms with van der Waals surface area (Å²) in [6, 6.07) is 1.81. The van der Waals surface area contributed by atoms with E-state index in [9.17, 15) is 24.8 Å². The molecule has 1 unspecified atom stereocenters. The van der Waals surface area contributed by atoms with Gasteiger partial charge in [0.1, 0.15) is 5.75 Å². The fourth-order valence-electron chi connectivity index (χ4n) is 1.38. The quantitative estimate of drug-likeness (QED) is 0.446. The molecule has 0 radical (unpaired) electrons. The molecule has 1 atom stereocenters. The Morgan fingerprint density at radius 1 is 1.56 bits per heavy atom. The number of hydrogen-bond donors (Lipinski definition) is 2. The molecule has 8 nitrogen and oxygen atoms in total. The minimum atomic E-state index is -2.09. The van der Waals surface area contributed by atoms with Gasteiger partial charge in [0.25, 0.3) is 5.69 Å². The Labute approximate surface area is 101 Å². The van der Waals surface area contributed by atoms with Gasteiger partial charge in [-0.15, -0.1) is 0 Å². The zero-order valence-corrected chi connectivity index (χ0v) is 9.19. The van der Waals surface area contributed by atoms with Crippen molar-refractivity contribution in [3.8, 4) is 5.75 Å². The topological polar surface area (TPSA) is 127 Å². The molecule has 0 fully saturated rings. The first-order chi connectivity index (χ1) is 8.42. The Bertz CT molecular complexity index is 511. The van der Waals surface area contributed by atoms with Crippen molar-refractivity contribution in [2.75, 3.05) is 7.11 Å². The van der Waals surface area contributed by atoms with E-state index in [1.807, 2.05) is 0 Å². The third-order valence-electron chi connectivity index (χ3n) is 2.23. The molecule has 2 N–H and O–H groups in total. The number of nitro benzene ring substituents is 1. The summed E-state index contributed by atoms with van der Waals surface area (Å²) >= 11 is 0. The number of aliphatic carboxylic acids is 1. The molecule has 18 heavy (non-hydrogen) atoms. The van der Waals surface area contributed by atoms with Crippen molar-refractivity contribution < 1.29 is 29.5 Å². The summed E-state index contributed by atoms with van der Waals surface area (Å²) in [5.74, 6) is -1.72. The lowest BCUT2D eigenvalue weighted by Gasteiger charge is -2.10. The van der Waals surface area contributed by atoms with Gasteiger partial charge < -0.3 is 14.9 Å². The predicted molar refractivity (Wildman–Crippen MR) is 57.6 cm³/mol. The van der Waals surface area contributed by atoms with Gasteiger partial charge in [-0.1, -0.05) is 0 Å². The van der Waals surface area contributed by atoms with Crippen LogP contribution in [0.1, 0.15) is 22.0 Å². The number of nitrogens with zero attached hydrogens (tertiary/aromatic N) is 1. The lowest BCUT2D eigenvalue weighted by atomic mass is 10.0. The molecular weight excluding hydrogens is 246 g/mol. The van der Waals surface area contributed by atoms with Crippen molar-refractivity contribution in [3.63, 3.8) is 0 Å². The van der Waals surface area contributed by atoms with Crippen molar-refractivity contribution >= 4 is 17.9 Å². The van der Waals surface area contributed by atoms with Gasteiger partial charge >= 0.3 is 5.97 Å².